The van der Waals surface area contributed by atoms with Crippen LogP contribution in [0.25, 0.3) is 0 Å². The molecule has 1 N–H and O–H groups in total. The highest BCUT2D eigenvalue weighted by molar-refractivity contribution is 7.92. The van der Waals surface area contributed by atoms with Gasteiger partial charge in [0.05, 0.1) is 28.3 Å². The predicted molar refractivity (Wildman–Crippen MR) is 158 cm³/mol. The van der Waals surface area contributed by atoms with Gasteiger partial charge >= 0.3 is 6.18 Å². The normalized spacial score (nSPS) is 12.8. The third-order valence-electron chi connectivity index (χ3n) is 6.33. The summed E-state index contributed by atoms with van der Waals surface area (Å²) in [5, 5.41) is 2.48. The summed E-state index contributed by atoms with van der Waals surface area (Å²) in [6, 6.07) is 14.8. The van der Waals surface area contributed by atoms with Crippen molar-refractivity contribution in [3.63, 3.8) is 0 Å². The molecule has 0 aromatic heterocycles. The quantitative estimate of drug-likeness (QED) is 0.298. The molecule has 1 atom stereocenters. The number of halogens is 4. The van der Waals surface area contributed by atoms with E-state index in [1.165, 1.54) is 38.3 Å². The molecule has 0 fully saturated rings. The number of methoxy groups -OCH3 is 1. The molecule has 2 amide bonds. The molecule has 0 saturated carbocycles. The van der Waals surface area contributed by atoms with Crippen LogP contribution >= 0.6 is 11.6 Å². The number of amides is 2. The number of nitrogens with one attached hydrogen (secondary N) is 1. The Morgan fingerprint density at radius 2 is 1.58 bits per heavy atom. The van der Waals surface area contributed by atoms with E-state index in [4.69, 9.17) is 16.3 Å². The van der Waals surface area contributed by atoms with Gasteiger partial charge in [0.25, 0.3) is 10.0 Å². The maximum absolute atomic E-state index is 14.0. The van der Waals surface area contributed by atoms with Crippen LogP contribution < -0.4 is 14.4 Å². The SMILES string of the molecule is COc1ccc(CN(C(=O)CN(c2cc(C(F)(F)F)ccc2Cl)S(=O)(=O)c2ccccc2)C(C)C(=O)NC(C)(C)C)cc1. The van der Waals surface area contributed by atoms with Gasteiger partial charge in [0.15, 0.2) is 0 Å². The molecule has 0 saturated heterocycles. The minimum Gasteiger partial charge on any atom is -0.497 e. The van der Waals surface area contributed by atoms with Crippen molar-refractivity contribution < 1.29 is 35.9 Å². The Bertz CT molecular complexity index is 1540. The molecular weight excluding hydrogens is 607 g/mol. The fourth-order valence-electron chi connectivity index (χ4n) is 4.10. The summed E-state index contributed by atoms with van der Waals surface area (Å²) in [6.07, 6.45) is -4.81. The van der Waals surface area contributed by atoms with Crippen LogP contribution in [0.3, 0.4) is 0 Å². The summed E-state index contributed by atoms with van der Waals surface area (Å²) in [4.78, 5) is 28.1. The van der Waals surface area contributed by atoms with E-state index in [0.717, 1.165) is 17.0 Å². The number of alkyl halides is 3. The van der Waals surface area contributed by atoms with Crippen LogP contribution in [0.4, 0.5) is 18.9 Å². The number of hydrogen-bond donors (Lipinski definition) is 1. The molecule has 8 nitrogen and oxygen atoms in total. The lowest BCUT2D eigenvalue weighted by molar-refractivity contribution is -0.140. The molecule has 0 aliphatic heterocycles. The Morgan fingerprint density at radius 1 is 0.977 bits per heavy atom. The molecule has 3 aromatic carbocycles. The van der Waals surface area contributed by atoms with Crippen molar-refractivity contribution in [1.82, 2.24) is 10.2 Å². The number of nitrogens with zero attached hydrogens (tertiary/aromatic N) is 2. The van der Waals surface area contributed by atoms with Crippen LogP contribution in [0.5, 0.6) is 5.75 Å². The molecule has 3 rings (SSSR count). The number of carbonyl (C=O) groups excluding carboxylic acids is 2. The van der Waals surface area contributed by atoms with Gasteiger partial charge in [-0.3, -0.25) is 13.9 Å². The van der Waals surface area contributed by atoms with Crippen LogP contribution in [-0.2, 0) is 32.3 Å². The minimum absolute atomic E-state index is 0.114. The number of rotatable bonds is 10. The van der Waals surface area contributed by atoms with Crippen molar-refractivity contribution in [2.24, 2.45) is 0 Å². The molecule has 0 radical (unpaired) electrons. The molecule has 0 aliphatic carbocycles. The van der Waals surface area contributed by atoms with Gasteiger partial charge in [-0.05, 0) is 75.7 Å². The largest absolute Gasteiger partial charge is 0.497 e. The molecule has 43 heavy (non-hydrogen) atoms. The smallest absolute Gasteiger partial charge is 0.416 e. The van der Waals surface area contributed by atoms with E-state index in [0.29, 0.717) is 21.7 Å². The first-order valence-electron chi connectivity index (χ1n) is 13.1. The monoisotopic (exact) mass is 639 g/mol. The standard InChI is InChI=1S/C30H33ClF3N3O5S/c1-20(28(39)35-29(2,3)4)36(18-21-11-14-23(42-5)15-12-21)27(38)19-37(43(40,41)24-9-7-6-8-10-24)26-17-22(30(32,33)34)13-16-25(26)31/h6-17,20H,18-19H2,1-5H3,(H,35,39). The van der Waals surface area contributed by atoms with E-state index < -0.39 is 57.4 Å². The van der Waals surface area contributed by atoms with Gasteiger partial charge in [-0.1, -0.05) is 41.9 Å². The summed E-state index contributed by atoms with van der Waals surface area (Å²) in [7, 11) is -3.12. The average Bonchev–Trinajstić information content (AvgIpc) is 2.93. The average molecular weight is 640 g/mol. The van der Waals surface area contributed by atoms with Crippen molar-refractivity contribution in [3.8, 4) is 5.75 Å². The zero-order valence-electron chi connectivity index (χ0n) is 24.3. The first-order valence-corrected chi connectivity index (χ1v) is 14.9. The topological polar surface area (TPSA) is 96.0 Å². The fraction of sp³-hybridized carbons (Fsp3) is 0.333. The zero-order chi connectivity index (χ0) is 32.2. The summed E-state index contributed by atoms with van der Waals surface area (Å²) in [5.74, 6) is -0.802. The van der Waals surface area contributed by atoms with E-state index in [9.17, 15) is 31.2 Å². The highest BCUT2D eigenvalue weighted by atomic mass is 35.5. The number of sulfonamides is 1. The third-order valence-corrected chi connectivity index (χ3v) is 8.42. The molecule has 1 unspecified atom stereocenters. The molecule has 0 aliphatic rings. The van der Waals surface area contributed by atoms with Gasteiger partial charge < -0.3 is 15.0 Å². The Hall–Kier alpha value is -3.77. The second-order valence-corrected chi connectivity index (χ2v) is 13.0. The molecule has 232 valence electrons. The maximum Gasteiger partial charge on any atom is 0.416 e. The van der Waals surface area contributed by atoms with Crippen molar-refractivity contribution in [3.05, 3.63) is 88.9 Å². The first kappa shape index (κ1) is 33.7. The zero-order valence-corrected chi connectivity index (χ0v) is 25.8. The Kier molecular flexibility index (Phi) is 10.4. The number of anilines is 1. The third kappa shape index (κ3) is 8.64. The first-order chi connectivity index (χ1) is 19.9. The maximum atomic E-state index is 14.0. The van der Waals surface area contributed by atoms with Crippen molar-refractivity contribution in [2.45, 2.75) is 56.9 Å². The van der Waals surface area contributed by atoms with Crippen LogP contribution in [0.2, 0.25) is 5.02 Å². The second kappa shape index (κ2) is 13.3. The predicted octanol–water partition coefficient (Wildman–Crippen LogP) is 5.89. The molecule has 0 bridgehead atoms. The number of benzene rings is 3. The van der Waals surface area contributed by atoms with Gasteiger partial charge in [-0.15, -0.1) is 0 Å². The van der Waals surface area contributed by atoms with E-state index in [-0.39, 0.29) is 16.5 Å². The van der Waals surface area contributed by atoms with Crippen LogP contribution in [0.15, 0.2) is 77.7 Å². The van der Waals surface area contributed by atoms with E-state index >= 15 is 0 Å². The van der Waals surface area contributed by atoms with Crippen LogP contribution in [0.1, 0.15) is 38.8 Å². The van der Waals surface area contributed by atoms with E-state index in [1.807, 2.05) is 0 Å². The number of carbonyl (C=O) groups is 2. The molecule has 0 spiro atoms. The summed E-state index contributed by atoms with van der Waals surface area (Å²) < 4.78 is 74.4. The van der Waals surface area contributed by atoms with Gasteiger partial charge in [-0.2, -0.15) is 13.2 Å². The minimum atomic E-state index is -4.81. The summed E-state index contributed by atoms with van der Waals surface area (Å²) in [5.41, 5.74) is -1.74. The molecule has 3 aromatic rings. The van der Waals surface area contributed by atoms with E-state index in [1.54, 1.807) is 51.1 Å². The summed E-state index contributed by atoms with van der Waals surface area (Å²) >= 11 is 6.27. The van der Waals surface area contributed by atoms with Crippen molar-refractivity contribution in [2.75, 3.05) is 18.0 Å². The number of ether oxygens (including phenoxy) is 1. The van der Waals surface area contributed by atoms with Gasteiger partial charge in [-0.25, -0.2) is 8.42 Å². The highest BCUT2D eigenvalue weighted by Gasteiger charge is 2.36. The Morgan fingerprint density at radius 3 is 2.12 bits per heavy atom. The molecular formula is C30H33ClF3N3O5S. The Balaban J connectivity index is 2.12. The molecule has 13 heteroatoms. The van der Waals surface area contributed by atoms with Gasteiger partial charge in [0, 0.05) is 12.1 Å². The van der Waals surface area contributed by atoms with Gasteiger partial charge in [0.1, 0.15) is 18.3 Å². The fourth-order valence-corrected chi connectivity index (χ4v) is 5.81. The lowest BCUT2D eigenvalue weighted by Crippen LogP contribution is -2.54. The highest BCUT2D eigenvalue weighted by Crippen LogP contribution is 2.37. The van der Waals surface area contributed by atoms with Crippen molar-refractivity contribution in [1.29, 1.82) is 0 Å². The van der Waals surface area contributed by atoms with E-state index in [2.05, 4.69) is 5.32 Å². The molecule has 0 heterocycles. The van der Waals surface area contributed by atoms with Crippen LogP contribution in [-0.4, -0.2) is 50.4 Å². The van der Waals surface area contributed by atoms with Crippen molar-refractivity contribution >= 4 is 39.1 Å². The lowest BCUT2D eigenvalue weighted by Gasteiger charge is -2.33. The number of hydrogen-bond acceptors (Lipinski definition) is 5. The second-order valence-electron chi connectivity index (χ2n) is 10.8. The summed E-state index contributed by atoms with van der Waals surface area (Å²) in [6.45, 7) is 5.71. The Labute approximate surface area is 254 Å². The lowest BCUT2D eigenvalue weighted by atomic mass is 10.1. The van der Waals surface area contributed by atoms with Gasteiger partial charge in [0.2, 0.25) is 11.8 Å². The van der Waals surface area contributed by atoms with Crippen LogP contribution in [0, 0.1) is 0 Å².